The molecular weight excluding hydrogens is 1060 g/mol. The lowest BCUT2D eigenvalue weighted by Crippen LogP contribution is -2.53. The maximum absolute atomic E-state index is 14.0. The summed E-state index contributed by atoms with van der Waals surface area (Å²) in [6, 6.07) is 16.5. The average Bonchev–Trinajstić information content (AvgIpc) is 3.57. The van der Waals surface area contributed by atoms with Gasteiger partial charge in [-0.2, -0.15) is 4.58 Å². The normalized spacial score (nSPS) is 14.1. The van der Waals surface area contributed by atoms with E-state index < -0.39 is 35.2 Å². The predicted molar refractivity (Wildman–Crippen MR) is 331 cm³/mol. The van der Waals surface area contributed by atoms with Crippen molar-refractivity contribution >= 4 is 58.3 Å². The first kappa shape index (κ1) is 66.7. The maximum Gasteiger partial charge on any atom is 0.407 e. The molecule has 0 saturated heterocycles. The van der Waals surface area contributed by atoms with Gasteiger partial charge in [0.15, 0.2) is 0 Å². The van der Waals surface area contributed by atoms with Gasteiger partial charge >= 0.3 is 24.1 Å². The topological polar surface area (TPSA) is 191 Å². The third kappa shape index (κ3) is 19.5. The molecule has 450 valence electrons. The molecule has 2 unspecified atom stereocenters. The van der Waals surface area contributed by atoms with Gasteiger partial charge in [-0.15, -0.1) is 13.2 Å². The van der Waals surface area contributed by atoms with Crippen molar-refractivity contribution < 1.29 is 62.1 Å². The van der Waals surface area contributed by atoms with Crippen molar-refractivity contribution in [2.75, 3.05) is 70.8 Å². The number of esters is 2. The minimum atomic E-state index is -1.02. The second kappa shape index (κ2) is 32.7. The highest BCUT2D eigenvalue weighted by atomic mass is 16.6. The van der Waals surface area contributed by atoms with Crippen LogP contribution >= 0.6 is 0 Å². The summed E-state index contributed by atoms with van der Waals surface area (Å²) in [5.41, 5.74) is 10.9. The zero-order chi connectivity index (χ0) is 61.4. The number of hydrogen-bond donors (Lipinski definition) is 3. The predicted octanol–water partition coefficient (Wildman–Crippen LogP) is 12.7. The van der Waals surface area contributed by atoms with E-state index >= 15 is 0 Å². The van der Waals surface area contributed by atoms with E-state index in [4.69, 9.17) is 28.4 Å². The number of Topliss-reactive ketones (excluding diaryl/α,β-unsaturated/α-hetero) is 1. The van der Waals surface area contributed by atoms with Gasteiger partial charge in [0.2, 0.25) is 17.2 Å². The Hall–Kier alpha value is -8.08. The number of anilines is 2. The van der Waals surface area contributed by atoms with Crippen molar-refractivity contribution in [1.82, 2.24) is 10.6 Å². The fourth-order valence-corrected chi connectivity index (χ4v) is 10.4. The lowest BCUT2D eigenvalue weighted by molar-refractivity contribution is -0.440. The molecule has 2 amide bonds. The lowest BCUT2D eigenvalue weighted by Gasteiger charge is -2.30. The van der Waals surface area contributed by atoms with Crippen molar-refractivity contribution in [3.63, 3.8) is 0 Å². The molecule has 0 heterocycles. The molecule has 3 aromatic carbocycles. The third-order valence-electron chi connectivity index (χ3n) is 14.2. The largest absolute Gasteiger partial charge is 0.506 e. The molecule has 0 aliphatic heterocycles. The van der Waals surface area contributed by atoms with E-state index in [9.17, 15) is 29.1 Å². The molecule has 16 nitrogen and oxygen atoms in total. The second-order valence-corrected chi connectivity index (χ2v) is 22.0. The van der Waals surface area contributed by atoms with Crippen LogP contribution in [0.15, 0.2) is 140 Å². The van der Waals surface area contributed by atoms with Gasteiger partial charge in [-0.1, -0.05) is 67.1 Å². The van der Waals surface area contributed by atoms with E-state index in [1.54, 1.807) is 26.0 Å². The average molecular weight is 1150 g/mol. The van der Waals surface area contributed by atoms with Crippen LogP contribution in [0.5, 0.6) is 0 Å². The number of carbonyl (C=O) groups is 5. The number of nitrogens with one attached hydrogen (secondary N) is 2. The Labute approximate surface area is 497 Å². The van der Waals surface area contributed by atoms with E-state index in [1.165, 1.54) is 11.1 Å². The molecule has 0 saturated carbocycles. The van der Waals surface area contributed by atoms with Crippen LogP contribution in [0.3, 0.4) is 0 Å². The van der Waals surface area contributed by atoms with Crippen LogP contribution in [0.25, 0.3) is 5.57 Å². The summed E-state index contributed by atoms with van der Waals surface area (Å²) >= 11 is 0. The van der Waals surface area contributed by atoms with E-state index in [0.717, 1.165) is 95.7 Å². The number of ether oxygens (including phenoxy) is 6. The lowest BCUT2D eigenvalue weighted by atomic mass is 9.80. The van der Waals surface area contributed by atoms with Crippen LogP contribution in [-0.2, 0) is 42.8 Å². The zero-order valence-corrected chi connectivity index (χ0v) is 50.6. The number of aryl methyl sites for hydroxylation is 6. The Morgan fingerprint density at radius 2 is 1.06 bits per heavy atom. The van der Waals surface area contributed by atoms with Crippen molar-refractivity contribution in [1.29, 1.82) is 0 Å². The van der Waals surface area contributed by atoms with Gasteiger partial charge in [0.25, 0.3) is 0 Å². The molecule has 0 radical (unpaired) electrons. The maximum atomic E-state index is 14.0. The summed E-state index contributed by atoms with van der Waals surface area (Å²) < 4.78 is 34.8. The first-order valence-electron chi connectivity index (χ1n) is 28.8. The van der Waals surface area contributed by atoms with Crippen LogP contribution in [0.4, 0.5) is 26.7 Å². The molecule has 0 bridgehead atoms. The highest BCUT2D eigenvalue weighted by Gasteiger charge is 2.37. The van der Waals surface area contributed by atoms with E-state index in [0.29, 0.717) is 37.1 Å². The van der Waals surface area contributed by atoms with E-state index in [-0.39, 0.29) is 75.5 Å². The highest BCUT2D eigenvalue weighted by molar-refractivity contribution is 6.39. The molecule has 5 rings (SSSR count). The molecule has 2 aliphatic rings. The van der Waals surface area contributed by atoms with Crippen molar-refractivity contribution in [2.24, 2.45) is 0 Å². The van der Waals surface area contributed by atoms with E-state index in [1.807, 2.05) is 48.6 Å². The number of allylic oxidation sites excluding steroid dienone is 7. The summed E-state index contributed by atoms with van der Waals surface area (Å²) in [6.07, 6.45) is 18.2. The molecule has 2 aliphatic carbocycles. The monoisotopic (exact) mass is 1150 g/mol. The summed E-state index contributed by atoms with van der Waals surface area (Å²) in [4.78, 5) is 65.3. The number of hydrogen-bond acceptors (Lipinski definition) is 13. The first-order valence-corrected chi connectivity index (χ1v) is 28.8. The summed E-state index contributed by atoms with van der Waals surface area (Å²) in [7, 11) is 0. The molecule has 3 N–H and O–H groups in total. The number of alkyl carbamates (subject to hydrolysis) is 2. The van der Waals surface area contributed by atoms with Crippen LogP contribution in [-0.4, -0.2) is 122 Å². The fraction of sp³-hybridized carbons (Fsp3) is 0.412. The van der Waals surface area contributed by atoms with Crippen LogP contribution in [0.1, 0.15) is 104 Å². The molecule has 0 spiro atoms. The number of ketones is 1. The second-order valence-electron chi connectivity index (χ2n) is 22.0. The quantitative estimate of drug-likeness (QED) is 0.0128. The number of aliphatic hydroxyl groups excluding tert-OH is 1. The number of amides is 2. The number of benzene rings is 3. The van der Waals surface area contributed by atoms with Gasteiger partial charge in [0.1, 0.15) is 25.5 Å². The fourth-order valence-electron chi connectivity index (χ4n) is 10.4. The number of aliphatic hydroxyl groups is 1. The molecule has 2 atom stereocenters. The Kier molecular flexibility index (Phi) is 26.0. The van der Waals surface area contributed by atoms with Crippen molar-refractivity contribution in [3.8, 4) is 0 Å². The summed E-state index contributed by atoms with van der Waals surface area (Å²) in [5.74, 6) is -1.47. The standard InChI is InChI=1S/C68H86N4O12/c1-13-35-79-43-67(11,45-83-57(73)15-3)69-65(77)81-37-23-19-17-21-33-71(61-49(7)39-47(5)40-50(61)8)55-29-25-53(26-30-55)59-63(75)60(64(59)76)54-27-31-56(32-28-54)72(62-51(9)41-48(6)42-52(62)10)34-22-18-20-24-38-82-66(78)70-68(12,44-80-36-14-2)46-84-58(74)16-4/h13-16,25-32,39-42H,1-4,17-24,33-38,43-46H2,5-12H3,(H2-,69,70,75,76,77,78)/p+1. The first-order chi connectivity index (χ1) is 40.2. The Morgan fingerprint density at radius 1 is 0.595 bits per heavy atom. The number of unbranched alkanes of at least 4 members (excludes halogenated alkanes) is 6. The van der Waals surface area contributed by atoms with Crippen LogP contribution in [0, 0.1) is 41.5 Å². The summed E-state index contributed by atoms with van der Waals surface area (Å²) in [6.45, 7) is 32.5. The molecule has 84 heavy (non-hydrogen) atoms. The molecular formula is C68H87N4O12+. The smallest absolute Gasteiger partial charge is 0.407 e. The molecule has 0 fully saturated rings. The summed E-state index contributed by atoms with van der Waals surface area (Å²) in [5, 5.41) is 17.1. The van der Waals surface area contributed by atoms with Gasteiger partial charge in [0, 0.05) is 59.8 Å². The Balaban J connectivity index is 1.22. The zero-order valence-electron chi connectivity index (χ0n) is 50.6. The number of carbonyl (C=O) groups excluding carboxylic acids is 5. The van der Waals surface area contributed by atoms with Crippen LogP contribution < -0.4 is 15.5 Å². The van der Waals surface area contributed by atoms with Crippen molar-refractivity contribution in [2.45, 2.75) is 118 Å². The van der Waals surface area contributed by atoms with Gasteiger partial charge in [-0.05, 0) is 153 Å². The number of rotatable bonds is 34. The third-order valence-corrected chi connectivity index (χ3v) is 14.2. The Bertz CT molecular complexity index is 2990. The van der Waals surface area contributed by atoms with Crippen LogP contribution in [0.2, 0.25) is 0 Å². The van der Waals surface area contributed by atoms with Gasteiger partial charge in [0.05, 0.1) is 61.9 Å². The van der Waals surface area contributed by atoms with Crippen molar-refractivity contribution in [3.05, 3.63) is 179 Å². The SMILES string of the molecule is C=CCOCC(C)(COC(=O)C=C)NC(=O)OCCCCCCN(c1ccc(C2=C(O)C(=C3C=CC(=[N+](CCCCCCOC(=O)NC(C)(COCC=C)COC(=O)C=C)c4c(C)cc(C)cc4C)C=C3)C2=O)cc1)c1c(C)cc(C)cc1C. The number of nitrogens with zero attached hydrogens (tertiary/aromatic N) is 2. The minimum Gasteiger partial charge on any atom is -0.506 e. The molecule has 16 heteroatoms. The Morgan fingerprint density at radius 3 is 1.52 bits per heavy atom. The molecule has 0 aromatic heterocycles. The van der Waals surface area contributed by atoms with Gasteiger partial charge < -0.3 is 49.1 Å². The minimum absolute atomic E-state index is 0.0336. The molecule has 3 aromatic rings. The van der Waals surface area contributed by atoms with Gasteiger partial charge in [-0.3, -0.25) is 4.79 Å². The van der Waals surface area contributed by atoms with Gasteiger partial charge in [-0.25, -0.2) is 19.2 Å². The van der Waals surface area contributed by atoms with E-state index in [2.05, 4.69) is 112 Å². The highest BCUT2D eigenvalue weighted by Crippen LogP contribution is 2.41.